The number of rotatable bonds is 3. The number of piperazine rings is 3. The van der Waals surface area contributed by atoms with Crippen molar-refractivity contribution in [3.05, 3.63) is 42.1 Å². The highest BCUT2D eigenvalue weighted by Gasteiger charge is 2.36. The van der Waals surface area contributed by atoms with E-state index in [1.807, 2.05) is 12.3 Å². The van der Waals surface area contributed by atoms with Crippen molar-refractivity contribution >= 4 is 10.9 Å². The summed E-state index contributed by atoms with van der Waals surface area (Å²) >= 11 is 0. The van der Waals surface area contributed by atoms with Crippen LogP contribution in [-0.2, 0) is 0 Å². The van der Waals surface area contributed by atoms with Crippen LogP contribution in [0.2, 0.25) is 0 Å². The molecule has 3 aliphatic heterocycles. The summed E-state index contributed by atoms with van der Waals surface area (Å²) in [4.78, 5) is 9.66. The lowest BCUT2D eigenvalue weighted by molar-refractivity contribution is -0.00252. The molecule has 0 radical (unpaired) electrons. The summed E-state index contributed by atoms with van der Waals surface area (Å²) in [6.07, 6.45) is 1.86. The van der Waals surface area contributed by atoms with Gasteiger partial charge in [0.15, 0.2) is 0 Å². The molecule has 2 atom stereocenters. The lowest BCUT2D eigenvalue weighted by atomic mass is 9.93. The monoisotopic (exact) mass is 282 g/mol. The van der Waals surface area contributed by atoms with Crippen LogP contribution >= 0.6 is 0 Å². The molecule has 2 bridgehead atoms. The van der Waals surface area contributed by atoms with Crippen LogP contribution < -0.4 is 5.32 Å². The standard InChI is InChI=1S/C17H22N4/c1-18-17(16-12-20-7-9-21(16)10-8-20)14-4-5-15-13(11-14)3-2-6-19-15/h2-6,11,16-18H,7-10,12H2,1H3. The van der Waals surface area contributed by atoms with Crippen molar-refractivity contribution in [2.75, 3.05) is 39.8 Å². The molecule has 0 spiro atoms. The van der Waals surface area contributed by atoms with Crippen LogP contribution in [-0.4, -0.2) is 60.6 Å². The van der Waals surface area contributed by atoms with Gasteiger partial charge < -0.3 is 5.32 Å². The molecule has 0 saturated carbocycles. The Morgan fingerprint density at radius 1 is 1.19 bits per heavy atom. The van der Waals surface area contributed by atoms with Gasteiger partial charge in [-0.3, -0.25) is 14.8 Å². The maximum Gasteiger partial charge on any atom is 0.0702 e. The number of benzene rings is 1. The smallest absolute Gasteiger partial charge is 0.0702 e. The molecule has 0 amide bonds. The third-order valence-electron chi connectivity index (χ3n) is 5.00. The van der Waals surface area contributed by atoms with Crippen LogP contribution in [0.25, 0.3) is 10.9 Å². The molecule has 4 heterocycles. The van der Waals surface area contributed by atoms with E-state index in [-0.39, 0.29) is 0 Å². The van der Waals surface area contributed by atoms with Gasteiger partial charge in [0.05, 0.1) is 5.52 Å². The van der Waals surface area contributed by atoms with Gasteiger partial charge in [0, 0.05) is 56.4 Å². The van der Waals surface area contributed by atoms with Crippen LogP contribution in [0.1, 0.15) is 11.6 Å². The van der Waals surface area contributed by atoms with Crippen molar-refractivity contribution in [3.8, 4) is 0 Å². The molecule has 3 fully saturated rings. The minimum absolute atomic E-state index is 0.387. The highest BCUT2D eigenvalue weighted by atomic mass is 15.4. The summed E-state index contributed by atoms with van der Waals surface area (Å²) in [5.41, 5.74) is 2.45. The van der Waals surface area contributed by atoms with E-state index in [9.17, 15) is 0 Å². The molecular weight excluding hydrogens is 260 g/mol. The highest BCUT2D eigenvalue weighted by molar-refractivity contribution is 5.79. The van der Waals surface area contributed by atoms with Crippen LogP contribution in [0.5, 0.6) is 0 Å². The minimum Gasteiger partial charge on any atom is -0.312 e. The van der Waals surface area contributed by atoms with E-state index in [1.165, 1.54) is 43.7 Å². The van der Waals surface area contributed by atoms with Gasteiger partial charge in [-0.15, -0.1) is 0 Å². The van der Waals surface area contributed by atoms with Crippen molar-refractivity contribution in [1.29, 1.82) is 0 Å². The van der Waals surface area contributed by atoms with Crippen LogP contribution in [0.3, 0.4) is 0 Å². The molecule has 3 aliphatic rings. The molecule has 2 unspecified atom stereocenters. The fourth-order valence-corrected chi connectivity index (χ4v) is 3.84. The number of nitrogens with one attached hydrogen (secondary N) is 1. The number of nitrogens with zero attached hydrogens (tertiary/aromatic N) is 3. The van der Waals surface area contributed by atoms with Crippen LogP contribution in [0, 0.1) is 0 Å². The summed E-state index contributed by atoms with van der Waals surface area (Å²) in [5, 5.41) is 4.78. The van der Waals surface area contributed by atoms with Gasteiger partial charge in [0.2, 0.25) is 0 Å². The zero-order chi connectivity index (χ0) is 14.2. The van der Waals surface area contributed by atoms with E-state index in [2.05, 4.69) is 51.4 Å². The molecule has 110 valence electrons. The highest BCUT2D eigenvalue weighted by Crippen LogP contribution is 2.28. The fraction of sp³-hybridized carbons (Fsp3) is 0.471. The first kappa shape index (κ1) is 13.2. The quantitative estimate of drug-likeness (QED) is 0.924. The van der Waals surface area contributed by atoms with Gasteiger partial charge in [0.25, 0.3) is 0 Å². The molecule has 1 N–H and O–H groups in total. The average molecular weight is 282 g/mol. The second-order valence-electron chi connectivity index (χ2n) is 6.13. The summed E-state index contributed by atoms with van der Waals surface area (Å²) in [6, 6.07) is 11.8. The summed E-state index contributed by atoms with van der Waals surface area (Å²) < 4.78 is 0. The molecular formula is C17H22N4. The summed E-state index contributed by atoms with van der Waals surface area (Å²) in [6.45, 7) is 6.05. The Balaban J connectivity index is 1.67. The number of fused-ring (bicyclic) bond motifs is 4. The maximum atomic E-state index is 4.42. The van der Waals surface area contributed by atoms with Crippen LogP contribution in [0.15, 0.2) is 36.5 Å². The topological polar surface area (TPSA) is 31.4 Å². The predicted octanol–water partition coefficient (Wildman–Crippen LogP) is 1.50. The third-order valence-corrected chi connectivity index (χ3v) is 5.00. The van der Waals surface area contributed by atoms with Gasteiger partial charge in [-0.05, 0) is 30.8 Å². The molecule has 1 aromatic heterocycles. The number of hydrogen-bond donors (Lipinski definition) is 1. The first-order valence-electron chi connectivity index (χ1n) is 7.83. The Kier molecular flexibility index (Phi) is 3.37. The van der Waals surface area contributed by atoms with E-state index in [4.69, 9.17) is 0 Å². The van der Waals surface area contributed by atoms with Gasteiger partial charge >= 0.3 is 0 Å². The molecule has 5 rings (SSSR count). The first-order chi connectivity index (χ1) is 10.3. The van der Waals surface area contributed by atoms with Crippen molar-refractivity contribution in [2.45, 2.75) is 12.1 Å². The molecule has 0 aliphatic carbocycles. The Morgan fingerprint density at radius 2 is 2.05 bits per heavy atom. The van der Waals surface area contributed by atoms with Gasteiger partial charge in [-0.25, -0.2) is 0 Å². The molecule has 4 heteroatoms. The lowest BCUT2D eigenvalue weighted by Crippen LogP contribution is -2.63. The van der Waals surface area contributed by atoms with Gasteiger partial charge in [-0.2, -0.15) is 0 Å². The second-order valence-corrected chi connectivity index (χ2v) is 6.13. The van der Waals surface area contributed by atoms with E-state index >= 15 is 0 Å². The largest absolute Gasteiger partial charge is 0.312 e. The zero-order valence-corrected chi connectivity index (χ0v) is 12.5. The van der Waals surface area contributed by atoms with E-state index in [1.54, 1.807) is 0 Å². The van der Waals surface area contributed by atoms with Crippen LogP contribution in [0.4, 0.5) is 0 Å². The third kappa shape index (κ3) is 2.33. The summed E-state index contributed by atoms with van der Waals surface area (Å²) in [5.74, 6) is 0. The zero-order valence-electron chi connectivity index (χ0n) is 12.5. The van der Waals surface area contributed by atoms with Crippen molar-refractivity contribution < 1.29 is 0 Å². The van der Waals surface area contributed by atoms with Gasteiger partial charge in [0.1, 0.15) is 0 Å². The van der Waals surface area contributed by atoms with Crippen molar-refractivity contribution in [3.63, 3.8) is 0 Å². The van der Waals surface area contributed by atoms with E-state index in [0.29, 0.717) is 12.1 Å². The normalized spacial score (nSPS) is 29.7. The Labute approximate surface area is 125 Å². The van der Waals surface area contributed by atoms with E-state index in [0.717, 1.165) is 5.52 Å². The minimum atomic E-state index is 0.387. The fourth-order valence-electron chi connectivity index (χ4n) is 3.84. The van der Waals surface area contributed by atoms with E-state index < -0.39 is 0 Å². The lowest BCUT2D eigenvalue weighted by Gasteiger charge is -2.50. The first-order valence-corrected chi connectivity index (χ1v) is 7.83. The SMILES string of the molecule is CNC(c1ccc2ncccc2c1)C1CN2CCN1CC2. The Hall–Kier alpha value is -1.49. The number of aromatic nitrogens is 1. The maximum absolute atomic E-state index is 4.42. The summed E-state index contributed by atoms with van der Waals surface area (Å²) in [7, 11) is 2.08. The predicted molar refractivity (Wildman–Crippen MR) is 85.3 cm³/mol. The number of pyridine rings is 1. The molecule has 4 nitrogen and oxygen atoms in total. The Morgan fingerprint density at radius 3 is 2.76 bits per heavy atom. The average Bonchev–Trinajstić information content (AvgIpc) is 2.57. The number of hydrogen-bond acceptors (Lipinski definition) is 4. The molecule has 1 aromatic carbocycles. The van der Waals surface area contributed by atoms with Crippen molar-refractivity contribution in [1.82, 2.24) is 20.1 Å². The molecule has 21 heavy (non-hydrogen) atoms. The number of likely N-dealkylation sites (N-methyl/N-ethyl adjacent to an activating group) is 1. The van der Waals surface area contributed by atoms with Gasteiger partial charge in [-0.1, -0.05) is 12.1 Å². The second kappa shape index (κ2) is 5.37. The Bertz CT molecular complexity index is 633. The van der Waals surface area contributed by atoms with Crippen molar-refractivity contribution in [2.24, 2.45) is 0 Å². The molecule has 3 saturated heterocycles. The molecule has 2 aromatic rings.